The Morgan fingerprint density at radius 3 is 1.82 bits per heavy atom. The lowest BCUT2D eigenvalue weighted by atomic mass is 9.88. The number of benzene rings is 3. The smallest absolute Gasteiger partial charge is 0.360 e. The van der Waals surface area contributed by atoms with Gasteiger partial charge in [0.2, 0.25) is 17.3 Å². The van der Waals surface area contributed by atoms with Gasteiger partial charge in [0.25, 0.3) is 5.91 Å². The number of anilines is 2. The van der Waals surface area contributed by atoms with Gasteiger partial charge in [0.15, 0.2) is 34.3 Å². The molecule has 3 N–H and O–H groups in total. The fourth-order valence-corrected chi connectivity index (χ4v) is 7.57. The first kappa shape index (κ1) is 37.0. The van der Waals surface area contributed by atoms with Crippen molar-refractivity contribution in [2.24, 2.45) is 0 Å². The summed E-state index contributed by atoms with van der Waals surface area (Å²) in [5, 5.41) is 3.46. The summed E-state index contributed by atoms with van der Waals surface area (Å²) in [4.78, 5) is 63.3. The van der Waals surface area contributed by atoms with Crippen molar-refractivity contribution in [1.29, 1.82) is 0 Å². The molecule has 2 atom stereocenters. The van der Waals surface area contributed by atoms with Crippen molar-refractivity contribution >= 4 is 68.4 Å². The van der Waals surface area contributed by atoms with Crippen LogP contribution in [0.15, 0.2) is 30.3 Å². The van der Waals surface area contributed by atoms with Gasteiger partial charge in [-0.15, -0.1) is 11.6 Å². The molecule has 0 spiro atoms. The molecule has 2 aliphatic heterocycles. The van der Waals surface area contributed by atoms with Gasteiger partial charge in [0, 0.05) is 23.4 Å². The average Bonchev–Trinajstić information content (AvgIpc) is 3.89. The number of carbonyl (C=O) groups is 4. The first-order valence-corrected chi connectivity index (χ1v) is 17.2. The van der Waals surface area contributed by atoms with E-state index >= 15 is 0 Å². The van der Waals surface area contributed by atoms with Crippen molar-refractivity contribution in [3.63, 3.8) is 0 Å². The highest BCUT2D eigenvalue weighted by atomic mass is 35.5. The van der Waals surface area contributed by atoms with Crippen molar-refractivity contribution in [3.8, 4) is 40.2 Å². The van der Waals surface area contributed by atoms with Gasteiger partial charge in [-0.1, -0.05) is 0 Å². The van der Waals surface area contributed by atoms with Crippen LogP contribution >= 0.6 is 11.6 Å². The van der Waals surface area contributed by atoms with Gasteiger partial charge in [-0.2, -0.15) is 0 Å². The molecule has 288 valence electrons. The first-order chi connectivity index (χ1) is 26.4. The van der Waals surface area contributed by atoms with E-state index in [1.165, 1.54) is 60.5 Å². The molecule has 2 aliphatic rings. The number of halogens is 1. The molecule has 16 nitrogen and oxygen atoms in total. The second-order valence-corrected chi connectivity index (χ2v) is 13.5. The van der Waals surface area contributed by atoms with Gasteiger partial charge in [-0.3, -0.25) is 9.59 Å². The third-order valence-electron chi connectivity index (χ3n) is 9.86. The minimum atomic E-state index is -1.88. The number of methoxy groups -OCH3 is 7. The molecule has 2 unspecified atom stereocenters. The number of aromatic nitrogens is 2. The topological polar surface area (TPSA) is 189 Å². The van der Waals surface area contributed by atoms with Crippen molar-refractivity contribution in [3.05, 3.63) is 52.8 Å². The Hall–Kier alpha value is -6.29. The standard InChI is InChI=1S/C38H37ClN4O12/c1-38(37(47)54-8)34(44)26-19-13-18(39)15-43(35(45)20-9-16-11-24(48-2)30(50-4)32(52-6)27(16)40-20)22(19)14-23(29(26)42-38)55-36(46)21-10-17-12-25(49-3)31(51-5)33(53-7)28(17)41-21/h9-12,14,18,40-42H,13,15H2,1-8H3. The molecule has 1 amide bonds. The number of Topliss-reactive ketones (excluding diaryl/α,β-unsaturated/α-hetero) is 1. The van der Waals surface area contributed by atoms with E-state index in [1.54, 1.807) is 24.3 Å². The van der Waals surface area contributed by atoms with Gasteiger partial charge >= 0.3 is 11.9 Å². The molecular weight excluding hydrogens is 740 g/mol. The summed E-state index contributed by atoms with van der Waals surface area (Å²) in [7, 11) is 9.97. The number of nitrogens with one attached hydrogen (secondary N) is 3. The Morgan fingerprint density at radius 2 is 1.29 bits per heavy atom. The maximum atomic E-state index is 14.5. The molecule has 0 aliphatic carbocycles. The summed E-state index contributed by atoms with van der Waals surface area (Å²) in [5.74, 6) is -0.987. The molecule has 0 radical (unpaired) electrons. The highest BCUT2D eigenvalue weighted by Crippen LogP contribution is 2.49. The molecular formula is C38H37ClN4O12. The van der Waals surface area contributed by atoms with Crippen LogP contribution in [-0.2, 0) is 16.0 Å². The van der Waals surface area contributed by atoms with E-state index < -0.39 is 34.5 Å². The molecule has 0 saturated carbocycles. The van der Waals surface area contributed by atoms with Crippen molar-refractivity contribution in [2.45, 2.75) is 24.3 Å². The first-order valence-electron chi connectivity index (χ1n) is 16.8. The molecule has 0 bridgehead atoms. The highest BCUT2D eigenvalue weighted by Gasteiger charge is 2.52. The zero-order valence-corrected chi connectivity index (χ0v) is 31.9. The fraction of sp³-hybridized carbons (Fsp3) is 0.316. The van der Waals surface area contributed by atoms with E-state index in [9.17, 15) is 19.2 Å². The van der Waals surface area contributed by atoms with E-state index in [1.807, 2.05) is 0 Å². The summed E-state index contributed by atoms with van der Waals surface area (Å²) < 4.78 is 44.2. The zero-order valence-electron chi connectivity index (χ0n) is 31.1. The number of ketones is 1. The van der Waals surface area contributed by atoms with Crippen molar-refractivity contribution in [1.82, 2.24) is 9.97 Å². The molecule has 7 rings (SSSR count). The van der Waals surface area contributed by atoms with E-state index in [0.29, 0.717) is 61.9 Å². The molecule has 4 heterocycles. The Labute approximate surface area is 318 Å². The monoisotopic (exact) mass is 776 g/mol. The number of nitrogens with zero attached hydrogens (tertiary/aromatic N) is 1. The maximum absolute atomic E-state index is 14.5. The van der Waals surface area contributed by atoms with E-state index in [0.717, 1.165) is 7.11 Å². The number of hydrogen-bond donors (Lipinski definition) is 3. The number of carbonyl (C=O) groups excluding carboxylic acids is 4. The van der Waals surface area contributed by atoms with Crippen LogP contribution in [-0.4, -0.2) is 101 Å². The zero-order chi connectivity index (χ0) is 39.5. The normalized spacial score (nSPS) is 17.3. The van der Waals surface area contributed by atoms with Crippen LogP contribution in [0.5, 0.6) is 40.2 Å². The van der Waals surface area contributed by atoms with Crippen LogP contribution < -0.4 is 43.4 Å². The summed E-state index contributed by atoms with van der Waals surface area (Å²) >= 11 is 6.80. The molecule has 17 heteroatoms. The number of fused-ring (bicyclic) bond motifs is 5. The third kappa shape index (κ3) is 5.66. The van der Waals surface area contributed by atoms with E-state index in [-0.39, 0.29) is 47.0 Å². The fourth-order valence-electron chi connectivity index (χ4n) is 7.28. The summed E-state index contributed by atoms with van der Waals surface area (Å²) in [5.41, 5.74) is -0.0638. The second kappa shape index (κ2) is 13.8. The van der Waals surface area contributed by atoms with Crippen LogP contribution in [0.25, 0.3) is 21.8 Å². The molecule has 55 heavy (non-hydrogen) atoms. The maximum Gasteiger partial charge on any atom is 0.360 e. The summed E-state index contributed by atoms with van der Waals surface area (Å²) in [6, 6.07) is 8.01. The molecule has 0 fully saturated rings. The van der Waals surface area contributed by atoms with Gasteiger partial charge < -0.3 is 58.1 Å². The lowest BCUT2D eigenvalue weighted by Crippen LogP contribution is -2.47. The second-order valence-electron chi connectivity index (χ2n) is 12.9. The number of alkyl halides is 1. The predicted octanol–water partition coefficient (Wildman–Crippen LogP) is 5.27. The minimum Gasteiger partial charge on any atom is -0.493 e. The van der Waals surface area contributed by atoms with Crippen LogP contribution in [0.3, 0.4) is 0 Å². The van der Waals surface area contributed by atoms with Gasteiger partial charge in [0.1, 0.15) is 11.4 Å². The Bertz CT molecular complexity index is 2440. The number of esters is 2. The predicted molar refractivity (Wildman–Crippen MR) is 201 cm³/mol. The Kier molecular flexibility index (Phi) is 9.32. The molecule has 2 aromatic heterocycles. The summed E-state index contributed by atoms with van der Waals surface area (Å²) in [6.45, 7) is 1.40. The minimum absolute atomic E-state index is 0.0155. The molecule has 0 saturated heterocycles. The van der Waals surface area contributed by atoms with Crippen LogP contribution in [0.4, 0.5) is 11.4 Å². The van der Waals surface area contributed by atoms with Crippen molar-refractivity contribution < 1.29 is 57.1 Å². The largest absolute Gasteiger partial charge is 0.493 e. The SMILES string of the molecule is COC(=O)C1(C)Nc2c(OC(=O)c3cc4cc(OC)c(OC)c(OC)c4[nH]3)cc3c(c2C1=O)CC(Cl)CN3C(=O)c1cc2cc(OC)c(OC)c(OC)c2[nH]1. The Morgan fingerprint density at radius 1 is 0.745 bits per heavy atom. The average molecular weight is 777 g/mol. The molecule has 3 aromatic carbocycles. The lowest BCUT2D eigenvalue weighted by molar-refractivity contribution is -0.143. The van der Waals surface area contributed by atoms with Gasteiger partial charge in [-0.25, -0.2) is 9.59 Å². The number of aromatic amines is 2. The Balaban J connectivity index is 1.36. The number of H-pyrrole nitrogens is 2. The van der Waals surface area contributed by atoms with Gasteiger partial charge in [0.05, 0.1) is 83.1 Å². The van der Waals surface area contributed by atoms with E-state index in [2.05, 4.69) is 15.3 Å². The number of ether oxygens (including phenoxy) is 8. The lowest BCUT2D eigenvalue weighted by Gasteiger charge is -2.33. The third-order valence-corrected chi connectivity index (χ3v) is 10.2. The number of amides is 1. The van der Waals surface area contributed by atoms with E-state index in [4.69, 9.17) is 49.5 Å². The van der Waals surface area contributed by atoms with Crippen LogP contribution in [0, 0.1) is 0 Å². The molecule has 5 aromatic rings. The summed E-state index contributed by atoms with van der Waals surface area (Å²) in [6.07, 6.45) is 0.155. The van der Waals surface area contributed by atoms with Crippen LogP contribution in [0.1, 0.15) is 43.8 Å². The number of rotatable bonds is 10. The van der Waals surface area contributed by atoms with Crippen LogP contribution in [0.2, 0.25) is 0 Å². The van der Waals surface area contributed by atoms with Crippen molar-refractivity contribution in [2.75, 3.05) is 66.5 Å². The quantitative estimate of drug-likeness (QED) is 0.0721. The highest BCUT2D eigenvalue weighted by molar-refractivity contribution is 6.27. The number of hydrogen-bond acceptors (Lipinski definition) is 13. The van der Waals surface area contributed by atoms with Gasteiger partial charge in [-0.05, 0) is 43.2 Å².